The summed E-state index contributed by atoms with van der Waals surface area (Å²) in [7, 11) is 2.66. The van der Waals surface area contributed by atoms with E-state index >= 15 is 0 Å². The number of para-hydroxylation sites is 1. The van der Waals surface area contributed by atoms with Crippen molar-refractivity contribution < 1.29 is 33.1 Å². The third-order valence-corrected chi connectivity index (χ3v) is 11.1. The normalized spacial score (nSPS) is 16.5. The molecule has 5 nitrogen and oxygen atoms in total. The van der Waals surface area contributed by atoms with Gasteiger partial charge in [-0.05, 0) is 70.0 Å². The summed E-state index contributed by atoms with van der Waals surface area (Å²) >= 11 is 0. The minimum Gasteiger partial charge on any atom is -0.657 e. The third-order valence-electron chi connectivity index (χ3n) is 7.77. The Morgan fingerprint density at radius 1 is 0.674 bits per heavy atom. The van der Waals surface area contributed by atoms with Crippen LogP contribution in [0.3, 0.4) is 0 Å². The summed E-state index contributed by atoms with van der Waals surface area (Å²) in [5, 5.41) is 5.31. The van der Waals surface area contributed by atoms with Crippen LogP contribution >= 0.6 is 0 Å². The Morgan fingerprint density at radius 2 is 1.07 bits per heavy atom. The molecule has 3 aliphatic heterocycles. The Morgan fingerprint density at radius 3 is 1.37 bits per heavy atom. The molecule has 0 saturated carbocycles. The van der Waals surface area contributed by atoms with Gasteiger partial charge in [0, 0.05) is 39.6 Å². The van der Waals surface area contributed by atoms with Gasteiger partial charge in [-0.2, -0.15) is 0 Å². The molecule has 2 aromatic rings. The standard InChI is InChI=1S/C24H35N2Si.3C4H8O.Li/c1-18(2)21-15-12-16-22(19(3)4)24(21)25-23(17-27(7,8)26(5)6)20-13-10-9-11-14-20;3*1-2-4-5-3-1;/h9-19H,1-8H3;3*1-4H2;/q-1;;;;+1/b23-17+;;;;. The van der Waals surface area contributed by atoms with Crippen molar-refractivity contribution in [3.05, 3.63) is 76.2 Å². The van der Waals surface area contributed by atoms with Gasteiger partial charge in [0.2, 0.25) is 0 Å². The van der Waals surface area contributed by atoms with E-state index in [1.807, 2.05) is 0 Å². The van der Waals surface area contributed by atoms with Gasteiger partial charge in [0.25, 0.3) is 0 Å². The first-order chi connectivity index (χ1) is 20.1. The summed E-state index contributed by atoms with van der Waals surface area (Å²) in [5.74, 6) is 0.886. The van der Waals surface area contributed by atoms with E-state index in [4.69, 9.17) is 19.5 Å². The largest absolute Gasteiger partial charge is 1.00 e. The van der Waals surface area contributed by atoms with E-state index in [1.54, 1.807) is 0 Å². The maximum atomic E-state index is 5.31. The minimum atomic E-state index is -1.69. The van der Waals surface area contributed by atoms with Crippen LogP contribution in [0.1, 0.15) is 94.7 Å². The van der Waals surface area contributed by atoms with Gasteiger partial charge in [0.1, 0.15) is 8.24 Å². The van der Waals surface area contributed by atoms with Crippen molar-refractivity contribution in [2.75, 3.05) is 53.7 Å². The molecule has 3 heterocycles. The van der Waals surface area contributed by atoms with Crippen LogP contribution in [-0.4, -0.2) is 66.5 Å². The van der Waals surface area contributed by atoms with Gasteiger partial charge < -0.3 is 24.1 Å². The van der Waals surface area contributed by atoms with Crippen LogP contribution in [0.15, 0.2) is 54.2 Å². The summed E-state index contributed by atoms with van der Waals surface area (Å²) in [4.78, 5) is 0. The Hall–Kier alpha value is -1.37. The molecule has 3 fully saturated rings. The fourth-order valence-corrected chi connectivity index (χ4v) is 5.70. The van der Waals surface area contributed by atoms with Crippen molar-refractivity contribution in [3.63, 3.8) is 0 Å². The number of rotatable bonds is 7. The number of hydrogen-bond acceptors (Lipinski definition) is 4. The molecule has 7 heteroatoms. The fraction of sp³-hybridized carbons (Fsp3) is 0.611. The van der Waals surface area contributed by atoms with Crippen LogP contribution in [0.25, 0.3) is 11.0 Å². The van der Waals surface area contributed by atoms with Crippen molar-refractivity contribution in [2.24, 2.45) is 0 Å². The van der Waals surface area contributed by atoms with Gasteiger partial charge >= 0.3 is 18.9 Å². The van der Waals surface area contributed by atoms with Crippen molar-refractivity contribution in [2.45, 2.75) is 91.1 Å². The quantitative estimate of drug-likeness (QED) is 0.332. The smallest absolute Gasteiger partial charge is 0.657 e. The second-order valence-electron chi connectivity index (χ2n) is 12.6. The number of hydrogen-bond donors (Lipinski definition) is 0. The summed E-state index contributed by atoms with van der Waals surface area (Å²) in [6, 6.07) is 17.2. The van der Waals surface area contributed by atoms with Crippen LogP contribution in [0, 0.1) is 0 Å². The molecule has 0 aromatic heterocycles. The molecule has 43 heavy (non-hydrogen) atoms. The Bertz CT molecular complexity index is 944. The summed E-state index contributed by atoms with van der Waals surface area (Å²) in [5.41, 5.74) is 8.51. The second-order valence-corrected chi connectivity index (χ2v) is 17.1. The topological polar surface area (TPSA) is 45.0 Å². The summed E-state index contributed by atoms with van der Waals surface area (Å²) in [6.07, 6.45) is 7.67. The Kier molecular flexibility index (Phi) is 20.5. The summed E-state index contributed by atoms with van der Waals surface area (Å²) < 4.78 is 17.2. The van der Waals surface area contributed by atoms with E-state index in [2.05, 4.69) is 114 Å². The van der Waals surface area contributed by atoms with E-state index in [0.717, 1.165) is 51.0 Å². The molecule has 0 bridgehead atoms. The van der Waals surface area contributed by atoms with E-state index in [-0.39, 0.29) is 18.9 Å². The molecule has 0 radical (unpaired) electrons. The molecule has 0 unspecified atom stereocenters. The van der Waals surface area contributed by atoms with E-state index in [9.17, 15) is 0 Å². The van der Waals surface area contributed by atoms with Gasteiger partial charge in [0.15, 0.2) is 0 Å². The van der Waals surface area contributed by atoms with Crippen molar-refractivity contribution in [1.29, 1.82) is 0 Å². The van der Waals surface area contributed by atoms with Crippen molar-refractivity contribution in [3.8, 4) is 0 Å². The van der Waals surface area contributed by atoms with Gasteiger partial charge in [-0.3, -0.25) is 0 Å². The van der Waals surface area contributed by atoms with E-state index in [1.165, 1.54) is 55.2 Å². The number of benzene rings is 2. The van der Waals surface area contributed by atoms with Crippen LogP contribution in [0.5, 0.6) is 0 Å². The molecule has 0 atom stereocenters. The van der Waals surface area contributed by atoms with Gasteiger partial charge in [0.05, 0.1) is 0 Å². The van der Waals surface area contributed by atoms with Crippen molar-refractivity contribution >= 4 is 19.6 Å². The van der Waals surface area contributed by atoms with E-state index in [0.29, 0.717) is 11.8 Å². The Balaban J connectivity index is 0.000000461. The molecule has 3 aliphatic rings. The molecule has 0 spiro atoms. The van der Waals surface area contributed by atoms with Crippen LogP contribution in [0.2, 0.25) is 13.1 Å². The summed E-state index contributed by atoms with van der Waals surface area (Å²) in [6.45, 7) is 19.7. The van der Waals surface area contributed by atoms with Crippen molar-refractivity contribution in [1.82, 2.24) is 4.57 Å². The first kappa shape index (κ1) is 39.7. The average Bonchev–Trinajstić information content (AvgIpc) is 3.80. The predicted octanol–water partition coefficient (Wildman–Crippen LogP) is 6.68. The maximum Gasteiger partial charge on any atom is 1.00 e. The zero-order valence-corrected chi connectivity index (χ0v) is 30.0. The molecule has 5 rings (SSSR count). The van der Waals surface area contributed by atoms with Gasteiger partial charge in [-0.1, -0.05) is 106 Å². The third kappa shape index (κ3) is 15.5. The molecule has 0 N–H and O–H groups in total. The SMILES string of the molecule is C1CCOC1.C1CCOC1.C1CCOC1.CC(C)c1cccc(C(C)C)c1[N-]/C(=C/[Si](C)(C)N(C)C)c1ccccc1.[Li+]. The van der Waals surface area contributed by atoms with Crippen LogP contribution in [0.4, 0.5) is 5.69 Å². The van der Waals surface area contributed by atoms with Crippen LogP contribution < -0.4 is 18.9 Å². The van der Waals surface area contributed by atoms with E-state index < -0.39 is 8.24 Å². The second kappa shape index (κ2) is 22.2. The molecule has 2 aromatic carbocycles. The Labute approximate surface area is 277 Å². The minimum absolute atomic E-state index is 0. The molecule has 0 amide bonds. The molecular weight excluding hydrogens is 543 g/mol. The zero-order valence-electron chi connectivity index (χ0n) is 29.0. The maximum absolute atomic E-state index is 5.31. The monoisotopic (exact) mass is 602 g/mol. The zero-order chi connectivity index (χ0) is 30.8. The fourth-order valence-electron chi connectivity index (χ4n) is 4.54. The van der Waals surface area contributed by atoms with Gasteiger partial charge in [-0.25, -0.2) is 0 Å². The molecule has 3 saturated heterocycles. The van der Waals surface area contributed by atoms with Gasteiger partial charge in [-0.15, -0.1) is 11.4 Å². The average molecular weight is 603 g/mol. The van der Waals surface area contributed by atoms with Crippen LogP contribution in [-0.2, 0) is 14.2 Å². The first-order valence-electron chi connectivity index (χ1n) is 16.2. The first-order valence-corrected chi connectivity index (χ1v) is 19.2. The number of ether oxygens (including phenoxy) is 3. The predicted molar refractivity (Wildman–Crippen MR) is 183 cm³/mol. The number of nitrogens with zero attached hydrogens (tertiary/aromatic N) is 2. The molecule has 0 aliphatic carbocycles. The molecular formula is C36H59LiN2O3Si. The molecule has 236 valence electrons.